The van der Waals surface area contributed by atoms with E-state index in [-0.39, 0.29) is 11.9 Å². The first kappa shape index (κ1) is 16.3. The zero-order chi connectivity index (χ0) is 16.2. The third kappa shape index (κ3) is 3.40. The van der Waals surface area contributed by atoms with Gasteiger partial charge in [-0.25, -0.2) is 4.79 Å². The predicted octanol–water partition coefficient (Wildman–Crippen LogP) is 2.36. The van der Waals surface area contributed by atoms with Crippen molar-refractivity contribution in [3.63, 3.8) is 0 Å². The van der Waals surface area contributed by atoms with Gasteiger partial charge in [0.25, 0.3) is 5.91 Å². The van der Waals surface area contributed by atoms with Gasteiger partial charge in [-0.05, 0) is 31.0 Å². The quantitative estimate of drug-likeness (QED) is 0.868. The van der Waals surface area contributed by atoms with Crippen LogP contribution in [0.4, 0.5) is 5.69 Å². The molecule has 1 aromatic carbocycles. The normalized spacial score (nSPS) is 16.7. The Morgan fingerprint density at radius 2 is 1.86 bits per heavy atom. The van der Waals surface area contributed by atoms with Crippen LogP contribution in [-0.2, 0) is 9.53 Å². The lowest BCUT2D eigenvalue weighted by atomic mass is 9.81. The third-order valence-electron chi connectivity index (χ3n) is 4.26. The van der Waals surface area contributed by atoms with Crippen molar-refractivity contribution in [2.45, 2.75) is 37.6 Å². The summed E-state index contributed by atoms with van der Waals surface area (Å²) in [4.78, 5) is 26.7. The van der Waals surface area contributed by atoms with E-state index in [2.05, 4.69) is 5.32 Å². The molecule has 0 aliphatic heterocycles. The number of carbonyl (C=O) groups excluding carboxylic acids is 2. The van der Waals surface area contributed by atoms with Crippen LogP contribution in [0.25, 0.3) is 0 Å². The Morgan fingerprint density at radius 3 is 2.45 bits per heavy atom. The molecule has 5 nitrogen and oxygen atoms in total. The SMILES string of the molecule is COC(=O)C1(NC(=O)c2cccc(N(C)C)c2)CCCCC1. The molecule has 0 saturated heterocycles. The molecule has 2 rings (SSSR count). The minimum atomic E-state index is -0.877. The highest BCUT2D eigenvalue weighted by molar-refractivity contribution is 5.98. The van der Waals surface area contributed by atoms with Crippen LogP contribution in [0, 0.1) is 0 Å². The second-order valence-electron chi connectivity index (χ2n) is 6.03. The summed E-state index contributed by atoms with van der Waals surface area (Å²) in [5, 5.41) is 2.93. The van der Waals surface area contributed by atoms with Gasteiger partial charge in [-0.1, -0.05) is 25.3 Å². The Labute approximate surface area is 131 Å². The summed E-state index contributed by atoms with van der Waals surface area (Å²) in [5.41, 5.74) is 0.626. The Balaban J connectivity index is 2.21. The molecule has 0 spiro atoms. The summed E-state index contributed by atoms with van der Waals surface area (Å²) in [6.45, 7) is 0. The van der Waals surface area contributed by atoms with Crippen LogP contribution in [0.1, 0.15) is 42.5 Å². The van der Waals surface area contributed by atoms with Crippen molar-refractivity contribution < 1.29 is 14.3 Å². The molecule has 0 atom stereocenters. The van der Waals surface area contributed by atoms with E-state index in [9.17, 15) is 9.59 Å². The van der Waals surface area contributed by atoms with Crippen molar-refractivity contribution in [2.24, 2.45) is 0 Å². The molecule has 1 N–H and O–H groups in total. The first-order chi connectivity index (χ1) is 10.5. The van der Waals surface area contributed by atoms with Gasteiger partial charge in [-0.2, -0.15) is 0 Å². The van der Waals surface area contributed by atoms with Gasteiger partial charge in [0, 0.05) is 25.3 Å². The smallest absolute Gasteiger partial charge is 0.331 e. The lowest BCUT2D eigenvalue weighted by Gasteiger charge is -2.35. The highest BCUT2D eigenvalue weighted by Crippen LogP contribution is 2.30. The predicted molar refractivity (Wildman–Crippen MR) is 86.1 cm³/mol. The lowest BCUT2D eigenvalue weighted by molar-refractivity contribution is -0.149. The van der Waals surface area contributed by atoms with E-state index in [0.717, 1.165) is 24.9 Å². The first-order valence-electron chi connectivity index (χ1n) is 7.67. The second kappa shape index (κ2) is 6.81. The van der Waals surface area contributed by atoms with Gasteiger partial charge in [0.2, 0.25) is 0 Å². The molecule has 1 aromatic rings. The van der Waals surface area contributed by atoms with Crippen molar-refractivity contribution >= 4 is 17.6 Å². The number of rotatable bonds is 4. The fourth-order valence-corrected chi connectivity index (χ4v) is 2.95. The summed E-state index contributed by atoms with van der Waals surface area (Å²) in [7, 11) is 5.22. The summed E-state index contributed by atoms with van der Waals surface area (Å²) < 4.78 is 4.93. The molecule has 0 aromatic heterocycles. The van der Waals surface area contributed by atoms with Gasteiger partial charge >= 0.3 is 5.97 Å². The maximum atomic E-state index is 12.6. The zero-order valence-electron chi connectivity index (χ0n) is 13.5. The molecule has 1 aliphatic rings. The maximum absolute atomic E-state index is 12.6. The number of anilines is 1. The molecular weight excluding hydrogens is 280 g/mol. The van der Waals surface area contributed by atoms with E-state index in [1.807, 2.05) is 37.2 Å². The van der Waals surface area contributed by atoms with Gasteiger partial charge in [-0.15, -0.1) is 0 Å². The Kier molecular flexibility index (Phi) is 5.06. The number of hydrogen-bond donors (Lipinski definition) is 1. The molecule has 0 heterocycles. The van der Waals surface area contributed by atoms with Crippen molar-refractivity contribution in [3.8, 4) is 0 Å². The number of hydrogen-bond acceptors (Lipinski definition) is 4. The van der Waals surface area contributed by atoms with E-state index in [1.54, 1.807) is 6.07 Å². The maximum Gasteiger partial charge on any atom is 0.331 e. The average molecular weight is 304 g/mol. The number of esters is 1. The van der Waals surface area contributed by atoms with Crippen molar-refractivity contribution in [3.05, 3.63) is 29.8 Å². The molecular formula is C17H24N2O3. The number of benzene rings is 1. The fourth-order valence-electron chi connectivity index (χ4n) is 2.95. The Morgan fingerprint density at radius 1 is 1.18 bits per heavy atom. The molecule has 0 radical (unpaired) electrons. The van der Waals surface area contributed by atoms with Crippen LogP contribution in [0.2, 0.25) is 0 Å². The van der Waals surface area contributed by atoms with E-state index >= 15 is 0 Å². The fraction of sp³-hybridized carbons (Fsp3) is 0.529. The van der Waals surface area contributed by atoms with Gasteiger partial charge < -0.3 is 15.0 Å². The number of ether oxygens (including phenoxy) is 1. The largest absolute Gasteiger partial charge is 0.467 e. The Bertz CT molecular complexity index is 549. The molecule has 22 heavy (non-hydrogen) atoms. The van der Waals surface area contributed by atoms with E-state index < -0.39 is 5.54 Å². The summed E-state index contributed by atoms with van der Waals surface area (Å²) in [6, 6.07) is 7.36. The van der Waals surface area contributed by atoms with Gasteiger partial charge in [0.05, 0.1) is 7.11 Å². The van der Waals surface area contributed by atoms with E-state index in [4.69, 9.17) is 4.74 Å². The van der Waals surface area contributed by atoms with Crippen molar-refractivity contribution in [1.29, 1.82) is 0 Å². The van der Waals surface area contributed by atoms with Crippen LogP contribution in [-0.4, -0.2) is 38.6 Å². The second-order valence-corrected chi connectivity index (χ2v) is 6.03. The monoisotopic (exact) mass is 304 g/mol. The molecule has 0 unspecified atom stereocenters. The minimum Gasteiger partial charge on any atom is -0.467 e. The molecule has 1 saturated carbocycles. The number of nitrogens with zero attached hydrogens (tertiary/aromatic N) is 1. The molecule has 1 amide bonds. The van der Waals surface area contributed by atoms with E-state index in [1.165, 1.54) is 7.11 Å². The number of carbonyl (C=O) groups is 2. The van der Waals surface area contributed by atoms with Crippen LogP contribution in [0.15, 0.2) is 24.3 Å². The zero-order valence-corrected chi connectivity index (χ0v) is 13.5. The first-order valence-corrected chi connectivity index (χ1v) is 7.67. The molecule has 5 heteroatoms. The van der Waals surface area contributed by atoms with Crippen LogP contribution in [0.5, 0.6) is 0 Å². The Hall–Kier alpha value is -2.04. The molecule has 1 aliphatic carbocycles. The standard InChI is InChI=1S/C17H24N2O3/c1-19(2)14-9-7-8-13(12-14)15(20)18-17(16(21)22-3)10-5-4-6-11-17/h7-9,12H,4-6,10-11H2,1-3H3,(H,18,20). The summed E-state index contributed by atoms with van der Waals surface area (Å²) >= 11 is 0. The average Bonchev–Trinajstić information content (AvgIpc) is 2.55. The van der Waals surface area contributed by atoms with E-state index in [0.29, 0.717) is 18.4 Å². The van der Waals surface area contributed by atoms with Crippen LogP contribution >= 0.6 is 0 Å². The number of methoxy groups -OCH3 is 1. The highest BCUT2D eigenvalue weighted by Gasteiger charge is 2.42. The van der Waals surface area contributed by atoms with Crippen molar-refractivity contribution in [1.82, 2.24) is 5.32 Å². The molecule has 0 bridgehead atoms. The van der Waals surface area contributed by atoms with Crippen LogP contribution in [0.3, 0.4) is 0 Å². The van der Waals surface area contributed by atoms with Gasteiger partial charge in [-0.3, -0.25) is 4.79 Å². The summed E-state index contributed by atoms with van der Waals surface area (Å²) in [6.07, 6.45) is 4.21. The topological polar surface area (TPSA) is 58.6 Å². The third-order valence-corrected chi connectivity index (χ3v) is 4.26. The lowest BCUT2D eigenvalue weighted by Crippen LogP contribution is -2.56. The van der Waals surface area contributed by atoms with Gasteiger partial charge in [0.1, 0.15) is 5.54 Å². The van der Waals surface area contributed by atoms with Gasteiger partial charge in [0.15, 0.2) is 0 Å². The number of nitrogens with one attached hydrogen (secondary N) is 1. The van der Waals surface area contributed by atoms with Crippen molar-refractivity contribution in [2.75, 3.05) is 26.1 Å². The summed E-state index contributed by atoms with van der Waals surface area (Å²) in [5.74, 6) is -0.569. The molecule has 120 valence electrons. The highest BCUT2D eigenvalue weighted by atomic mass is 16.5. The number of amides is 1. The minimum absolute atomic E-state index is 0.226. The molecule has 1 fully saturated rings. The van der Waals surface area contributed by atoms with Crippen LogP contribution < -0.4 is 10.2 Å².